The van der Waals surface area contributed by atoms with E-state index in [1.807, 2.05) is 35.8 Å². The number of benzene rings is 1. The third-order valence-electron chi connectivity index (χ3n) is 7.55. The monoisotopic (exact) mass is 454 g/mol. The molecule has 1 aromatic carbocycles. The maximum Gasteiger partial charge on any atom is 0.317 e. The zero-order valence-corrected chi connectivity index (χ0v) is 19.7. The van der Waals surface area contributed by atoms with E-state index in [4.69, 9.17) is 4.74 Å². The Morgan fingerprint density at radius 3 is 2.61 bits per heavy atom. The predicted molar refractivity (Wildman–Crippen MR) is 125 cm³/mol. The van der Waals surface area contributed by atoms with Crippen LogP contribution in [0.15, 0.2) is 18.2 Å². The number of ether oxygens (including phenoxy) is 1. The van der Waals surface area contributed by atoms with Gasteiger partial charge in [0.05, 0.1) is 19.8 Å². The number of methoxy groups -OCH3 is 1. The molecule has 3 heterocycles. The average Bonchev–Trinajstić information content (AvgIpc) is 3.58. The summed E-state index contributed by atoms with van der Waals surface area (Å²) in [6.45, 7) is 5.67. The van der Waals surface area contributed by atoms with Crippen molar-refractivity contribution in [1.82, 2.24) is 20.1 Å². The van der Waals surface area contributed by atoms with E-state index in [0.29, 0.717) is 19.6 Å². The molecule has 0 bridgehead atoms. The molecule has 1 atom stereocenters. The summed E-state index contributed by atoms with van der Waals surface area (Å²) in [6, 6.07) is 5.71. The minimum atomic E-state index is -0.376. The maximum absolute atomic E-state index is 13.3. The Labute approximate surface area is 194 Å². The van der Waals surface area contributed by atoms with Crippen molar-refractivity contribution in [2.24, 2.45) is 5.92 Å². The summed E-state index contributed by atoms with van der Waals surface area (Å²) in [5.74, 6) is 0.996. The van der Waals surface area contributed by atoms with Gasteiger partial charge in [-0.1, -0.05) is 0 Å². The minimum absolute atomic E-state index is 0.0290. The number of carbonyl (C=O) groups excluding carboxylic acids is 2. The minimum Gasteiger partial charge on any atom is -0.497 e. The van der Waals surface area contributed by atoms with E-state index in [9.17, 15) is 14.7 Å². The van der Waals surface area contributed by atoms with Gasteiger partial charge in [-0.15, -0.1) is 0 Å². The number of piperidine rings is 1. The number of rotatable bonds is 4. The number of nitrogens with zero attached hydrogens (tertiary/aromatic N) is 2. The number of H-pyrrole nitrogens is 1. The Hall–Kier alpha value is -2.74. The van der Waals surface area contributed by atoms with Crippen LogP contribution >= 0.6 is 0 Å². The van der Waals surface area contributed by atoms with Crippen molar-refractivity contribution in [1.29, 1.82) is 0 Å². The number of likely N-dealkylation sites (tertiary alicyclic amines) is 1. The van der Waals surface area contributed by atoms with Crippen LogP contribution in [0.5, 0.6) is 5.75 Å². The molecule has 1 aromatic heterocycles. The van der Waals surface area contributed by atoms with E-state index >= 15 is 0 Å². The molecule has 1 saturated heterocycles. The van der Waals surface area contributed by atoms with Gasteiger partial charge in [-0.2, -0.15) is 0 Å². The van der Waals surface area contributed by atoms with Crippen molar-refractivity contribution in [3.63, 3.8) is 0 Å². The Kier molecular flexibility index (Phi) is 5.51. The second kappa shape index (κ2) is 8.24. The lowest BCUT2D eigenvalue weighted by atomic mass is 9.68. The molecular formula is C25H34N4O4. The molecule has 5 rings (SSSR count). The van der Waals surface area contributed by atoms with E-state index in [-0.39, 0.29) is 42.0 Å². The topological polar surface area (TPSA) is 97.9 Å². The Morgan fingerprint density at radius 2 is 2.00 bits per heavy atom. The average molecular weight is 455 g/mol. The van der Waals surface area contributed by atoms with Crippen molar-refractivity contribution >= 4 is 22.8 Å². The molecule has 1 saturated carbocycles. The van der Waals surface area contributed by atoms with E-state index in [0.717, 1.165) is 48.0 Å². The number of aliphatic hydroxyl groups excluding tert-OH is 1. The van der Waals surface area contributed by atoms with Crippen molar-refractivity contribution in [3.05, 3.63) is 29.5 Å². The maximum atomic E-state index is 13.3. The summed E-state index contributed by atoms with van der Waals surface area (Å²) < 4.78 is 5.43. The van der Waals surface area contributed by atoms with Gasteiger partial charge in [0.25, 0.3) is 0 Å². The number of urea groups is 1. The first-order valence-corrected chi connectivity index (χ1v) is 12.0. The second-order valence-electron chi connectivity index (χ2n) is 10.1. The number of fused-ring (bicyclic) bond motifs is 4. The second-order valence-corrected chi connectivity index (χ2v) is 10.1. The standard InChI is InChI=1S/C25H34N4O4/c1-15(2)26-24(32)28-10-8-25(9-11-28)14-29(23(31)16-4-5-16)20(13-30)22-21(25)18-7-6-17(33-3)12-19(18)27-22/h6-7,12,15-16,20,27,30H,4-5,8-11,13-14H2,1-3H3,(H,26,32)/t20-/m1/s1. The lowest BCUT2D eigenvalue weighted by molar-refractivity contribution is -0.138. The molecular weight excluding hydrogens is 420 g/mol. The molecule has 8 heteroatoms. The van der Waals surface area contributed by atoms with E-state index in [1.165, 1.54) is 5.56 Å². The van der Waals surface area contributed by atoms with Gasteiger partial charge in [-0.05, 0) is 57.2 Å². The molecule has 1 spiro atoms. The van der Waals surface area contributed by atoms with Crippen LogP contribution < -0.4 is 10.1 Å². The number of amides is 3. The summed E-state index contributed by atoms with van der Waals surface area (Å²) >= 11 is 0. The molecule has 3 amide bonds. The summed E-state index contributed by atoms with van der Waals surface area (Å²) in [5, 5.41) is 14.5. The van der Waals surface area contributed by atoms with E-state index in [1.54, 1.807) is 7.11 Å². The highest BCUT2D eigenvalue weighted by Gasteiger charge is 2.50. The highest BCUT2D eigenvalue weighted by atomic mass is 16.5. The summed E-state index contributed by atoms with van der Waals surface area (Å²) in [4.78, 5) is 33.2. The molecule has 2 aliphatic heterocycles. The molecule has 0 unspecified atom stereocenters. The van der Waals surface area contributed by atoms with Crippen LogP contribution in [0.4, 0.5) is 4.79 Å². The van der Waals surface area contributed by atoms with Crippen molar-refractivity contribution in [3.8, 4) is 5.75 Å². The SMILES string of the molecule is COc1ccc2c3c([nH]c2c1)[C@@H](CO)N(C(=O)C1CC1)CC31CCN(C(=O)NC(C)C)CC1. The fourth-order valence-corrected chi connectivity index (χ4v) is 5.69. The Bertz CT molecular complexity index is 1070. The first-order valence-electron chi connectivity index (χ1n) is 12.0. The largest absolute Gasteiger partial charge is 0.497 e. The molecule has 3 N–H and O–H groups in total. The third kappa shape index (κ3) is 3.74. The molecule has 2 aromatic rings. The fourth-order valence-electron chi connectivity index (χ4n) is 5.69. The number of aliphatic hydroxyl groups is 1. The highest BCUT2D eigenvalue weighted by molar-refractivity contribution is 5.89. The van der Waals surface area contributed by atoms with Gasteiger partial charge < -0.3 is 29.9 Å². The predicted octanol–water partition coefficient (Wildman–Crippen LogP) is 2.91. The van der Waals surface area contributed by atoms with Gasteiger partial charge in [-0.3, -0.25) is 4.79 Å². The molecule has 8 nitrogen and oxygen atoms in total. The van der Waals surface area contributed by atoms with Crippen LogP contribution in [0.25, 0.3) is 10.9 Å². The number of nitrogens with one attached hydrogen (secondary N) is 2. The summed E-state index contributed by atoms with van der Waals surface area (Å²) in [6.07, 6.45) is 3.41. The van der Waals surface area contributed by atoms with Crippen molar-refractivity contribution in [2.45, 2.75) is 57.0 Å². The van der Waals surface area contributed by atoms with Gasteiger partial charge in [0.15, 0.2) is 0 Å². The van der Waals surface area contributed by atoms with E-state index < -0.39 is 0 Å². The van der Waals surface area contributed by atoms with Gasteiger partial charge in [0, 0.05) is 59.7 Å². The van der Waals surface area contributed by atoms with Gasteiger partial charge >= 0.3 is 6.03 Å². The van der Waals surface area contributed by atoms with Gasteiger partial charge in [0.2, 0.25) is 5.91 Å². The smallest absolute Gasteiger partial charge is 0.317 e. The molecule has 1 aliphatic carbocycles. The van der Waals surface area contributed by atoms with Gasteiger partial charge in [-0.25, -0.2) is 4.79 Å². The van der Waals surface area contributed by atoms with Crippen molar-refractivity contribution in [2.75, 3.05) is 33.4 Å². The molecule has 33 heavy (non-hydrogen) atoms. The van der Waals surface area contributed by atoms with Crippen LogP contribution in [-0.2, 0) is 10.2 Å². The lowest BCUT2D eigenvalue weighted by Crippen LogP contribution is -2.57. The summed E-state index contributed by atoms with van der Waals surface area (Å²) in [5.41, 5.74) is 2.83. The van der Waals surface area contributed by atoms with Crippen LogP contribution in [0, 0.1) is 5.92 Å². The highest BCUT2D eigenvalue weighted by Crippen LogP contribution is 2.50. The quantitative estimate of drug-likeness (QED) is 0.662. The van der Waals surface area contributed by atoms with Crippen LogP contribution in [-0.4, -0.2) is 71.2 Å². The summed E-state index contributed by atoms with van der Waals surface area (Å²) in [7, 11) is 1.65. The van der Waals surface area contributed by atoms with Crippen LogP contribution in [0.2, 0.25) is 0 Å². The van der Waals surface area contributed by atoms with Gasteiger partial charge in [0.1, 0.15) is 5.75 Å². The Morgan fingerprint density at radius 1 is 1.27 bits per heavy atom. The molecule has 2 fully saturated rings. The normalized spacial score (nSPS) is 22.0. The first kappa shape index (κ1) is 22.1. The van der Waals surface area contributed by atoms with Crippen LogP contribution in [0.1, 0.15) is 56.8 Å². The first-order chi connectivity index (χ1) is 15.9. The number of carbonyl (C=O) groups is 2. The number of hydrogen-bond donors (Lipinski definition) is 3. The number of aromatic amines is 1. The Balaban J connectivity index is 1.56. The van der Waals surface area contributed by atoms with Crippen molar-refractivity contribution < 1.29 is 19.4 Å². The zero-order valence-electron chi connectivity index (χ0n) is 19.7. The molecule has 178 valence electrons. The fraction of sp³-hybridized carbons (Fsp3) is 0.600. The third-order valence-corrected chi connectivity index (χ3v) is 7.55. The zero-order chi connectivity index (χ0) is 23.3. The lowest BCUT2D eigenvalue weighted by Gasteiger charge is -2.50. The molecule has 3 aliphatic rings. The number of aromatic nitrogens is 1. The molecule has 0 radical (unpaired) electrons. The van der Waals surface area contributed by atoms with Crippen LogP contribution in [0.3, 0.4) is 0 Å². The van der Waals surface area contributed by atoms with E-state index in [2.05, 4.69) is 16.4 Å². The number of hydrogen-bond acceptors (Lipinski definition) is 4.